The summed E-state index contributed by atoms with van der Waals surface area (Å²) in [6, 6.07) is 17.9. The summed E-state index contributed by atoms with van der Waals surface area (Å²) in [5.74, 6) is -1.04. The van der Waals surface area contributed by atoms with Gasteiger partial charge in [0.25, 0.3) is 0 Å². The largest absolute Gasteiger partial charge is 0.469 e. The Kier molecular flexibility index (Phi) is 7.38. The van der Waals surface area contributed by atoms with Crippen molar-refractivity contribution in [3.05, 3.63) is 71.3 Å². The van der Waals surface area contributed by atoms with Crippen molar-refractivity contribution in [1.29, 1.82) is 5.26 Å². The standard InChI is InChI=1S/C21H22N2O4/c1-15(23-21(25)27-14-16-7-4-3-5-8-16)19(20(24)26-2)12-17-9-6-10-18(11-17)13-22/h3-11,15,19H,12,14H2,1-2H3,(H,23,25). The summed E-state index contributed by atoms with van der Waals surface area (Å²) >= 11 is 0. The minimum atomic E-state index is -0.606. The van der Waals surface area contributed by atoms with Crippen molar-refractivity contribution in [1.82, 2.24) is 5.32 Å². The second kappa shape index (κ2) is 9.97. The molecule has 6 heteroatoms. The summed E-state index contributed by atoms with van der Waals surface area (Å²) < 4.78 is 10.1. The summed E-state index contributed by atoms with van der Waals surface area (Å²) in [5, 5.41) is 11.7. The highest BCUT2D eigenvalue weighted by molar-refractivity contribution is 5.75. The second-order valence-corrected chi connectivity index (χ2v) is 6.14. The fraction of sp³-hybridized carbons (Fsp3) is 0.286. The molecular weight excluding hydrogens is 344 g/mol. The Hall–Kier alpha value is -3.33. The Labute approximate surface area is 158 Å². The maximum Gasteiger partial charge on any atom is 0.407 e. The number of hydrogen-bond donors (Lipinski definition) is 1. The van der Waals surface area contributed by atoms with Gasteiger partial charge in [0.2, 0.25) is 0 Å². The van der Waals surface area contributed by atoms with Gasteiger partial charge in [0.1, 0.15) is 6.61 Å². The molecule has 2 aromatic carbocycles. The number of nitriles is 1. The zero-order valence-corrected chi connectivity index (χ0v) is 15.3. The number of methoxy groups -OCH3 is 1. The first-order valence-electron chi connectivity index (χ1n) is 8.57. The van der Waals surface area contributed by atoms with Crippen molar-refractivity contribution in [3.8, 4) is 6.07 Å². The zero-order valence-electron chi connectivity index (χ0n) is 15.3. The molecule has 0 spiro atoms. The third kappa shape index (κ3) is 6.15. The van der Waals surface area contributed by atoms with Crippen LogP contribution in [0.4, 0.5) is 4.79 Å². The van der Waals surface area contributed by atoms with Gasteiger partial charge in [0, 0.05) is 6.04 Å². The Morgan fingerprint density at radius 3 is 2.48 bits per heavy atom. The lowest BCUT2D eigenvalue weighted by molar-refractivity contribution is -0.146. The number of carbonyl (C=O) groups is 2. The first kappa shape index (κ1) is 20.0. The Morgan fingerprint density at radius 1 is 1.11 bits per heavy atom. The lowest BCUT2D eigenvalue weighted by atomic mass is 9.92. The summed E-state index contributed by atoms with van der Waals surface area (Å²) in [4.78, 5) is 24.3. The van der Waals surface area contributed by atoms with Gasteiger partial charge in [-0.1, -0.05) is 42.5 Å². The molecular formula is C21H22N2O4. The molecule has 0 aliphatic heterocycles. The lowest BCUT2D eigenvalue weighted by Crippen LogP contribution is -2.43. The van der Waals surface area contributed by atoms with E-state index in [1.165, 1.54) is 7.11 Å². The number of carbonyl (C=O) groups excluding carboxylic acids is 2. The van der Waals surface area contributed by atoms with E-state index in [0.717, 1.165) is 11.1 Å². The molecule has 0 radical (unpaired) electrons. The zero-order chi connectivity index (χ0) is 19.6. The van der Waals surface area contributed by atoms with Gasteiger partial charge < -0.3 is 14.8 Å². The molecule has 2 rings (SSSR count). The molecule has 140 valence electrons. The van der Waals surface area contributed by atoms with Gasteiger partial charge in [0.05, 0.1) is 24.7 Å². The van der Waals surface area contributed by atoms with Gasteiger partial charge in [-0.15, -0.1) is 0 Å². The first-order chi connectivity index (χ1) is 13.0. The second-order valence-electron chi connectivity index (χ2n) is 6.14. The Morgan fingerprint density at radius 2 is 1.81 bits per heavy atom. The van der Waals surface area contributed by atoms with Crippen molar-refractivity contribution >= 4 is 12.1 Å². The van der Waals surface area contributed by atoms with Crippen molar-refractivity contribution in [2.45, 2.75) is 26.0 Å². The fourth-order valence-corrected chi connectivity index (χ4v) is 2.69. The van der Waals surface area contributed by atoms with Crippen LogP contribution in [0.5, 0.6) is 0 Å². The molecule has 0 saturated carbocycles. The van der Waals surface area contributed by atoms with E-state index in [2.05, 4.69) is 11.4 Å². The molecule has 0 aliphatic rings. The minimum Gasteiger partial charge on any atom is -0.469 e. The molecule has 2 atom stereocenters. The predicted molar refractivity (Wildman–Crippen MR) is 99.6 cm³/mol. The maximum atomic E-state index is 12.2. The van der Waals surface area contributed by atoms with Crippen LogP contribution in [0, 0.1) is 17.2 Å². The number of esters is 1. The van der Waals surface area contributed by atoms with Crippen molar-refractivity contribution in [2.75, 3.05) is 7.11 Å². The van der Waals surface area contributed by atoms with E-state index in [4.69, 9.17) is 14.7 Å². The van der Waals surface area contributed by atoms with E-state index in [-0.39, 0.29) is 6.61 Å². The first-order valence-corrected chi connectivity index (χ1v) is 8.57. The van der Waals surface area contributed by atoms with Crippen LogP contribution < -0.4 is 5.32 Å². The third-order valence-corrected chi connectivity index (χ3v) is 4.18. The minimum absolute atomic E-state index is 0.145. The molecule has 0 fully saturated rings. The van der Waals surface area contributed by atoms with E-state index in [1.54, 1.807) is 25.1 Å². The van der Waals surface area contributed by atoms with Crippen molar-refractivity contribution in [2.24, 2.45) is 5.92 Å². The summed E-state index contributed by atoms with van der Waals surface area (Å²) in [7, 11) is 1.31. The highest BCUT2D eigenvalue weighted by Gasteiger charge is 2.28. The number of rotatable bonds is 7. The number of ether oxygens (including phenoxy) is 2. The van der Waals surface area contributed by atoms with Gasteiger partial charge in [-0.25, -0.2) is 4.79 Å². The molecule has 1 N–H and O–H groups in total. The number of nitrogens with one attached hydrogen (secondary N) is 1. The van der Waals surface area contributed by atoms with E-state index in [1.807, 2.05) is 36.4 Å². The van der Waals surface area contributed by atoms with E-state index < -0.39 is 24.0 Å². The van der Waals surface area contributed by atoms with Crippen LogP contribution in [0.15, 0.2) is 54.6 Å². The van der Waals surface area contributed by atoms with Gasteiger partial charge in [-0.05, 0) is 36.6 Å². The number of hydrogen-bond acceptors (Lipinski definition) is 5. The van der Waals surface area contributed by atoms with E-state index in [9.17, 15) is 9.59 Å². The van der Waals surface area contributed by atoms with Crippen LogP contribution >= 0.6 is 0 Å². The summed E-state index contributed by atoms with van der Waals surface area (Å²) in [6.07, 6.45) is -0.270. The Balaban J connectivity index is 1.99. The molecule has 27 heavy (non-hydrogen) atoms. The van der Waals surface area contributed by atoms with Gasteiger partial charge in [0.15, 0.2) is 0 Å². The fourth-order valence-electron chi connectivity index (χ4n) is 2.69. The van der Waals surface area contributed by atoms with E-state index in [0.29, 0.717) is 12.0 Å². The van der Waals surface area contributed by atoms with E-state index >= 15 is 0 Å². The quantitative estimate of drug-likeness (QED) is 0.760. The van der Waals surface area contributed by atoms with Gasteiger partial charge in [-0.3, -0.25) is 4.79 Å². The highest BCUT2D eigenvalue weighted by atomic mass is 16.5. The lowest BCUT2D eigenvalue weighted by Gasteiger charge is -2.23. The topological polar surface area (TPSA) is 88.4 Å². The van der Waals surface area contributed by atoms with Gasteiger partial charge >= 0.3 is 12.1 Å². The van der Waals surface area contributed by atoms with Crippen LogP contribution in [-0.2, 0) is 27.3 Å². The molecule has 0 aliphatic carbocycles. The molecule has 1 amide bonds. The monoisotopic (exact) mass is 366 g/mol. The number of nitrogens with zero attached hydrogens (tertiary/aromatic N) is 1. The van der Waals surface area contributed by atoms with Gasteiger partial charge in [-0.2, -0.15) is 5.26 Å². The number of alkyl carbamates (subject to hydrolysis) is 1. The third-order valence-electron chi connectivity index (χ3n) is 4.18. The molecule has 0 heterocycles. The maximum absolute atomic E-state index is 12.2. The van der Waals surface area contributed by atoms with Crippen LogP contribution in [-0.4, -0.2) is 25.2 Å². The molecule has 2 aromatic rings. The number of benzene rings is 2. The molecule has 0 saturated heterocycles. The van der Waals surface area contributed by atoms with Crippen LogP contribution in [0.25, 0.3) is 0 Å². The van der Waals surface area contributed by atoms with Crippen LogP contribution in [0.1, 0.15) is 23.6 Å². The van der Waals surface area contributed by atoms with Crippen molar-refractivity contribution < 1.29 is 19.1 Å². The average molecular weight is 366 g/mol. The van der Waals surface area contributed by atoms with Crippen LogP contribution in [0.3, 0.4) is 0 Å². The average Bonchev–Trinajstić information content (AvgIpc) is 2.70. The summed E-state index contributed by atoms with van der Waals surface area (Å²) in [5.41, 5.74) is 2.20. The molecule has 2 unspecified atom stereocenters. The predicted octanol–water partition coefficient (Wildman–Crippen LogP) is 3.20. The highest BCUT2D eigenvalue weighted by Crippen LogP contribution is 2.16. The number of amides is 1. The SMILES string of the molecule is COC(=O)C(Cc1cccc(C#N)c1)C(C)NC(=O)OCc1ccccc1. The molecule has 0 aromatic heterocycles. The smallest absolute Gasteiger partial charge is 0.407 e. The normalized spacial score (nSPS) is 12.3. The Bertz CT molecular complexity index is 814. The van der Waals surface area contributed by atoms with Crippen molar-refractivity contribution in [3.63, 3.8) is 0 Å². The molecule has 0 bridgehead atoms. The summed E-state index contributed by atoms with van der Waals surface area (Å²) in [6.45, 7) is 1.87. The molecule has 6 nitrogen and oxygen atoms in total. The van der Waals surface area contributed by atoms with Crippen LogP contribution in [0.2, 0.25) is 0 Å².